The third kappa shape index (κ3) is 6.45. The van der Waals surface area contributed by atoms with Gasteiger partial charge in [0.15, 0.2) is 0 Å². The van der Waals surface area contributed by atoms with Gasteiger partial charge in [0.25, 0.3) is 0 Å². The van der Waals surface area contributed by atoms with Crippen LogP contribution in [0.25, 0.3) is 11.8 Å². The molecule has 3 aromatic rings. The van der Waals surface area contributed by atoms with E-state index in [9.17, 15) is 9.59 Å². The number of benzene rings is 3. The van der Waals surface area contributed by atoms with Crippen LogP contribution in [0.5, 0.6) is 5.75 Å². The standard InChI is InChI=1S/C38H41NO5/c1-24-33(38(43-3)36-30-18-27-17-28(20-30)21-31(36)19-27)15-11-29(12-16-35(41)42-2)37(24)44-23-26-9-13-32(14-10-26)39-34(40)22-25-7-5-4-6-8-25/h4-16,27-28,30-31H,17-23H2,1-3H3,(H,39,40)/b16-12+,38-36?. The van der Waals surface area contributed by atoms with E-state index in [0.29, 0.717) is 30.6 Å². The lowest BCUT2D eigenvalue weighted by Crippen LogP contribution is -2.41. The number of methoxy groups -OCH3 is 2. The Balaban J connectivity index is 1.23. The predicted octanol–water partition coefficient (Wildman–Crippen LogP) is 7.76. The van der Waals surface area contributed by atoms with E-state index < -0.39 is 5.97 Å². The van der Waals surface area contributed by atoms with E-state index in [4.69, 9.17) is 14.2 Å². The first-order valence-electron chi connectivity index (χ1n) is 15.6. The summed E-state index contributed by atoms with van der Waals surface area (Å²) in [6.07, 6.45) is 10.0. The fourth-order valence-corrected chi connectivity index (χ4v) is 7.78. The lowest BCUT2D eigenvalue weighted by molar-refractivity contribution is -0.134. The highest BCUT2D eigenvalue weighted by Gasteiger charge is 2.46. The molecule has 228 valence electrons. The van der Waals surface area contributed by atoms with Crippen molar-refractivity contribution in [2.24, 2.45) is 23.7 Å². The van der Waals surface area contributed by atoms with Gasteiger partial charge in [0.05, 0.1) is 20.6 Å². The number of carbonyl (C=O) groups is 2. The maximum absolute atomic E-state index is 12.5. The maximum Gasteiger partial charge on any atom is 0.330 e. The zero-order valence-corrected chi connectivity index (χ0v) is 25.8. The molecular weight excluding hydrogens is 550 g/mol. The lowest BCUT2D eigenvalue weighted by atomic mass is 9.54. The molecule has 4 fully saturated rings. The van der Waals surface area contributed by atoms with Crippen molar-refractivity contribution in [3.8, 4) is 5.75 Å². The highest BCUT2D eigenvalue weighted by atomic mass is 16.5. The van der Waals surface area contributed by atoms with Gasteiger partial charge in [-0.15, -0.1) is 0 Å². The van der Waals surface area contributed by atoms with Gasteiger partial charge in [0.1, 0.15) is 18.1 Å². The molecule has 44 heavy (non-hydrogen) atoms. The van der Waals surface area contributed by atoms with E-state index in [0.717, 1.165) is 51.1 Å². The summed E-state index contributed by atoms with van der Waals surface area (Å²) in [5.41, 5.74) is 7.01. The van der Waals surface area contributed by atoms with Gasteiger partial charge in [0, 0.05) is 28.5 Å². The summed E-state index contributed by atoms with van der Waals surface area (Å²) < 4.78 is 17.5. The van der Waals surface area contributed by atoms with E-state index in [1.54, 1.807) is 13.2 Å². The van der Waals surface area contributed by atoms with Crippen molar-refractivity contribution in [2.75, 3.05) is 19.5 Å². The number of amides is 1. The van der Waals surface area contributed by atoms with E-state index in [1.165, 1.54) is 50.9 Å². The summed E-state index contributed by atoms with van der Waals surface area (Å²) >= 11 is 0. The van der Waals surface area contributed by atoms with Crippen LogP contribution < -0.4 is 10.1 Å². The number of allylic oxidation sites excluding steroid dienone is 1. The predicted molar refractivity (Wildman–Crippen MR) is 173 cm³/mol. The number of hydrogen-bond acceptors (Lipinski definition) is 5. The molecule has 4 bridgehead atoms. The van der Waals surface area contributed by atoms with Gasteiger partial charge in [-0.1, -0.05) is 54.6 Å². The van der Waals surface area contributed by atoms with Crippen molar-refractivity contribution in [2.45, 2.75) is 52.1 Å². The van der Waals surface area contributed by atoms with Crippen LogP contribution >= 0.6 is 0 Å². The number of rotatable bonds is 10. The summed E-state index contributed by atoms with van der Waals surface area (Å²) in [4.78, 5) is 24.4. The Morgan fingerprint density at radius 2 is 1.50 bits per heavy atom. The summed E-state index contributed by atoms with van der Waals surface area (Å²) in [6.45, 7) is 2.40. The highest BCUT2D eigenvalue weighted by Crippen LogP contribution is 2.58. The molecule has 1 amide bonds. The molecule has 6 nitrogen and oxygen atoms in total. The van der Waals surface area contributed by atoms with Crippen LogP contribution in [0.3, 0.4) is 0 Å². The number of anilines is 1. The molecule has 3 aromatic carbocycles. The minimum atomic E-state index is -0.420. The molecule has 0 aliphatic heterocycles. The molecule has 0 spiro atoms. The van der Waals surface area contributed by atoms with Gasteiger partial charge >= 0.3 is 5.97 Å². The van der Waals surface area contributed by atoms with Crippen molar-refractivity contribution in [3.63, 3.8) is 0 Å². The van der Waals surface area contributed by atoms with E-state index in [1.807, 2.05) is 60.7 Å². The fourth-order valence-electron chi connectivity index (χ4n) is 7.78. The molecule has 4 aliphatic rings. The molecular formula is C38H41NO5. The molecule has 0 aromatic heterocycles. The van der Waals surface area contributed by atoms with Crippen molar-refractivity contribution in [3.05, 3.63) is 106 Å². The maximum atomic E-state index is 12.5. The lowest BCUT2D eigenvalue weighted by Gasteiger charge is -2.51. The van der Waals surface area contributed by atoms with Crippen molar-refractivity contribution < 1.29 is 23.8 Å². The number of carbonyl (C=O) groups excluding carboxylic acids is 2. The van der Waals surface area contributed by atoms with Crippen molar-refractivity contribution in [1.82, 2.24) is 0 Å². The van der Waals surface area contributed by atoms with Gasteiger partial charge in [-0.05, 0) is 97.6 Å². The molecule has 0 saturated heterocycles. The van der Waals surface area contributed by atoms with Crippen LogP contribution in [0.15, 0.2) is 78.4 Å². The minimum absolute atomic E-state index is 0.0584. The van der Waals surface area contributed by atoms with Crippen LogP contribution in [0.1, 0.15) is 59.9 Å². The smallest absolute Gasteiger partial charge is 0.330 e. The molecule has 0 unspecified atom stereocenters. The molecule has 7 rings (SSSR count). The Bertz CT molecular complexity index is 1540. The van der Waals surface area contributed by atoms with Crippen LogP contribution in [-0.2, 0) is 32.1 Å². The quantitative estimate of drug-likeness (QED) is 0.148. The fraction of sp³-hybridized carbons (Fsp3) is 0.368. The van der Waals surface area contributed by atoms with Gasteiger partial charge in [-0.25, -0.2) is 4.79 Å². The van der Waals surface area contributed by atoms with E-state index in [2.05, 4.69) is 18.3 Å². The monoisotopic (exact) mass is 591 g/mol. The second-order valence-electron chi connectivity index (χ2n) is 12.5. The third-order valence-electron chi connectivity index (χ3n) is 9.59. The number of hydrogen-bond donors (Lipinski definition) is 1. The zero-order chi connectivity index (χ0) is 30.6. The largest absolute Gasteiger partial charge is 0.496 e. The number of ether oxygens (including phenoxy) is 3. The van der Waals surface area contributed by atoms with Gasteiger partial charge in [0.2, 0.25) is 5.91 Å². The molecule has 0 atom stereocenters. The minimum Gasteiger partial charge on any atom is -0.496 e. The Labute approximate surface area is 260 Å². The first-order valence-corrected chi connectivity index (χ1v) is 15.6. The van der Waals surface area contributed by atoms with Crippen LogP contribution in [0, 0.1) is 30.6 Å². The molecule has 1 N–H and O–H groups in total. The summed E-state index contributed by atoms with van der Waals surface area (Å²) in [5.74, 6) is 4.18. The summed E-state index contributed by atoms with van der Waals surface area (Å²) in [6, 6.07) is 21.5. The van der Waals surface area contributed by atoms with Crippen LogP contribution in [-0.4, -0.2) is 26.1 Å². The van der Waals surface area contributed by atoms with E-state index >= 15 is 0 Å². The van der Waals surface area contributed by atoms with Gasteiger partial charge in [-0.3, -0.25) is 4.79 Å². The van der Waals surface area contributed by atoms with Gasteiger partial charge < -0.3 is 19.5 Å². The zero-order valence-electron chi connectivity index (χ0n) is 25.8. The first-order chi connectivity index (χ1) is 21.4. The normalized spacial score (nSPS) is 21.8. The highest BCUT2D eigenvalue weighted by molar-refractivity contribution is 5.92. The Hall–Kier alpha value is -4.32. The van der Waals surface area contributed by atoms with Crippen LogP contribution in [0.4, 0.5) is 5.69 Å². The third-order valence-corrected chi connectivity index (χ3v) is 9.59. The first kappa shape index (κ1) is 29.7. The molecule has 6 heteroatoms. The molecule has 0 radical (unpaired) electrons. The SMILES string of the molecule is COC(=O)/C=C/c1ccc(C(OC)=C2C3CC4CC(C3)CC2C4)c(C)c1OCc1ccc(NC(=O)Cc2ccccc2)cc1. The average molecular weight is 592 g/mol. The van der Waals surface area contributed by atoms with E-state index in [-0.39, 0.29) is 5.91 Å². The van der Waals surface area contributed by atoms with Crippen LogP contribution in [0.2, 0.25) is 0 Å². The second-order valence-corrected chi connectivity index (χ2v) is 12.5. The molecule has 4 saturated carbocycles. The average Bonchev–Trinajstić information content (AvgIpc) is 3.02. The summed E-state index contributed by atoms with van der Waals surface area (Å²) in [7, 11) is 3.16. The second kappa shape index (κ2) is 13.1. The van der Waals surface area contributed by atoms with Crippen molar-refractivity contribution in [1.29, 1.82) is 0 Å². The number of esters is 1. The molecule has 0 heterocycles. The Kier molecular flexibility index (Phi) is 8.87. The van der Waals surface area contributed by atoms with Gasteiger partial charge in [-0.2, -0.15) is 0 Å². The number of nitrogens with one attached hydrogen (secondary N) is 1. The topological polar surface area (TPSA) is 73.9 Å². The Morgan fingerprint density at radius 3 is 2.14 bits per heavy atom. The van der Waals surface area contributed by atoms with Crippen molar-refractivity contribution >= 4 is 29.4 Å². The Morgan fingerprint density at radius 1 is 0.818 bits per heavy atom. The molecule has 4 aliphatic carbocycles. The summed E-state index contributed by atoms with van der Waals surface area (Å²) in [5, 5.41) is 2.97.